The van der Waals surface area contributed by atoms with Gasteiger partial charge in [0.05, 0.1) is 4.92 Å². The number of para-hydroxylation sites is 2. The van der Waals surface area contributed by atoms with Crippen molar-refractivity contribution in [2.24, 2.45) is 5.92 Å². The van der Waals surface area contributed by atoms with E-state index in [0.29, 0.717) is 31.6 Å². The average Bonchev–Trinajstić information content (AvgIpc) is 2.74. The van der Waals surface area contributed by atoms with Crippen LogP contribution in [0.25, 0.3) is 10.8 Å². The molecule has 1 N–H and O–H groups in total. The third-order valence-electron chi connectivity index (χ3n) is 5.33. The van der Waals surface area contributed by atoms with Crippen molar-refractivity contribution in [1.29, 1.82) is 0 Å². The lowest BCUT2D eigenvalue weighted by atomic mass is 9.95. The van der Waals surface area contributed by atoms with E-state index in [1.807, 2.05) is 53.4 Å². The summed E-state index contributed by atoms with van der Waals surface area (Å²) in [6.07, 6.45) is 1.34. The molecule has 0 atom stereocenters. The molecule has 0 aliphatic carbocycles. The van der Waals surface area contributed by atoms with Crippen LogP contribution in [0.15, 0.2) is 66.7 Å². The van der Waals surface area contributed by atoms with E-state index in [2.05, 4.69) is 5.32 Å². The fourth-order valence-corrected chi connectivity index (χ4v) is 3.84. The zero-order valence-electron chi connectivity index (χ0n) is 15.4. The van der Waals surface area contributed by atoms with Gasteiger partial charge in [-0.15, -0.1) is 0 Å². The minimum absolute atomic E-state index is 0.0126. The Labute approximate surface area is 162 Å². The SMILES string of the molecule is O=C(Nc1cccc2ccccc12)C1CCN(c2ccccc2[N+](=O)[O-])CC1. The lowest BCUT2D eigenvalue weighted by molar-refractivity contribution is -0.384. The molecule has 3 aromatic carbocycles. The maximum atomic E-state index is 12.8. The molecule has 1 heterocycles. The molecule has 3 aromatic rings. The van der Waals surface area contributed by atoms with Gasteiger partial charge in [0.1, 0.15) is 5.69 Å². The third kappa shape index (κ3) is 3.53. The summed E-state index contributed by atoms with van der Waals surface area (Å²) in [5.74, 6) is -0.0865. The monoisotopic (exact) mass is 375 g/mol. The zero-order valence-corrected chi connectivity index (χ0v) is 15.4. The molecule has 28 heavy (non-hydrogen) atoms. The van der Waals surface area contributed by atoms with Crippen LogP contribution in [0.1, 0.15) is 12.8 Å². The van der Waals surface area contributed by atoms with E-state index in [1.54, 1.807) is 12.1 Å². The smallest absolute Gasteiger partial charge is 0.292 e. The molecular formula is C22H21N3O3. The number of nitrogens with one attached hydrogen (secondary N) is 1. The molecule has 1 saturated heterocycles. The highest BCUT2D eigenvalue weighted by Crippen LogP contribution is 2.32. The lowest BCUT2D eigenvalue weighted by Gasteiger charge is -2.32. The zero-order chi connectivity index (χ0) is 19.5. The van der Waals surface area contributed by atoms with Gasteiger partial charge in [0.15, 0.2) is 0 Å². The highest BCUT2D eigenvalue weighted by Gasteiger charge is 2.28. The number of benzene rings is 3. The van der Waals surface area contributed by atoms with Crippen LogP contribution in [0.4, 0.5) is 17.1 Å². The summed E-state index contributed by atoms with van der Waals surface area (Å²) in [7, 11) is 0. The first kappa shape index (κ1) is 18.0. The highest BCUT2D eigenvalue weighted by atomic mass is 16.6. The predicted octanol–water partition coefficient (Wildman–Crippen LogP) is 4.60. The first-order valence-corrected chi connectivity index (χ1v) is 9.40. The van der Waals surface area contributed by atoms with Crippen molar-refractivity contribution in [2.45, 2.75) is 12.8 Å². The van der Waals surface area contributed by atoms with Gasteiger partial charge in [0.2, 0.25) is 5.91 Å². The molecule has 0 aromatic heterocycles. The Hall–Kier alpha value is -3.41. The van der Waals surface area contributed by atoms with Gasteiger partial charge >= 0.3 is 0 Å². The Bertz CT molecular complexity index is 1020. The number of nitro groups is 1. The van der Waals surface area contributed by atoms with Gasteiger partial charge in [-0.1, -0.05) is 48.5 Å². The van der Waals surface area contributed by atoms with Crippen LogP contribution in [-0.4, -0.2) is 23.9 Å². The first-order chi connectivity index (χ1) is 13.6. The van der Waals surface area contributed by atoms with Crippen molar-refractivity contribution in [3.8, 4) is 0 Å². The largest absolute Gasteiger partial charge is 0.366 e. The summed E-state index contributed by atoms with van der Waals surface area (Å²) < 4.78 is 0. The van der Waals surface area contributed by atoms with Gasteiger partial charge in [-0.3, -0.25) is 14.9 Å². The van der Waals surface area contributed by atoms with Crippen molar-refractivity contribution in [1.82, 2.24) is 0 Å². The summed E-state index contributed by atoms with van der Waals surface area (Å²) in [5.41, 5.74) is 1.56. The topological polar surface area (TPSA) is 75.5 Å². The summed E-state index contributed by atoms with van der Waals surface area (Å²) in [6, 6.07) is 20.6. The molecule has 6 nitrogen and oxygen atoms in total. The molecule has 142 valence electrons. The predicted molar refractivity (Wildman–Crippen MR) is 111 cm³/mol. The van der Waals surface area contributed by atoms with Gasteiger partial charge in [-0.2, -0.15) is 0 Å². The molecule has 6 heteroatoms. The second kappa shape index (κ2) is 7.68. The van der Waals surface area contributed by atoms with Gasteiger partial charge in [0.25, 0.3) is 5.69 Å². The van der Waals surface area contributed by atoms with Crippen molar-refractivity contribution in [2.75, 3.05) is 23.3 Å². The fourth-order valence-electron chi connectivity index (χ4n) is 3.84. The number of carbonyl (C=O) groups excluding carboxylic acids is 1. The molecule has 4 rings (SSSR count). The van der Waals surface area contributed by atoms with E-state index < -0.39 is 0 Å². The van der Waals surface area contributed by atoms with E-state index in [1.165, 1.54) is 6.07 Å². The average molecular weight is 375 g/mol. The summed E-state index contributed by atoms with van der Waals surface area (Å²) in [4.78, 5) is 25.7. The van der Waals surface area contributed by atoms with Crippen molar-refractivity contribution >= 4 is 33.7 Å². The van der Waals surface area contributed by atoms with E-state index in [-0.39, 0.29) is 22.4 Å². The van der Waals surface area contributed by atoms with E-state index in [4.69, 9.17) is 0 Å². The third-order valence-corrected chi connectivity index (χ3v) is 5.33. The molecule has 1 aliphatic heterocycles. The van der Waals surface area contributed by atoms with Crippen LogP contribution < -0.4 is 10.2 Å². The number of fused-ring (bicyclic) bond motifs is 1. The molecule has 0 spiro atoms. The van der Waals surface area contributed by atoms with Crippen molar-refractivity contribution < 1.29 is 9.72 Å². The number of hydrogen-bond acceptors (Lipinski definition) is 4. The lowest BCUT2D eigenvalue weighted by Crippen LogP contribution is -2.38. The Morgan fingerprint density at radius 1 is 0.964 bits per heavy atom. The van der Waals surface area contributed by atoms with E-state index >= 15 is 0 Å². The first-order valence-electron chi connectivity index (χ1n) is 9.40. The Kier molecular flexibility index (Phi) is 4.93. The number of piperidine rings is 1. The maximum absolute atomic E-state index is 12.8. The summed E-state index contributed by atoms with van der Waals surface area (Å²) in [5, 5.41) is 16.4. The molecule has 1 amide bonds. The van der Waals surface area contributed by atoms with Gasteiger partial charge < -0.3 is 10.2 Å². The molecule has 0 saturated carbocycles. The van der Waals surface area contributed by atoms with Crippen LogP contribution in [0, 0.1) is 16.0 Å². The van der Waals surface area contributed by atoms with E-state index in [0.717, 1.165) is 16.5 Å². The number of amides is 1. The van der Waals surface area contributed by atoms with Crippen molar-refractivity contribution in [3.63, 3.8) is 0 Å². The van der Waals surface area contributed by atoms with Crippen LogP contribution in [0.2, 0.25) is 0 Å². The minimum Gasteiger partial charge on any atom is -0.366 e. The van der Waals surface area contributed by atoms with Crippen LogP contribution in [0.5, 0.6) is 0 Å². The fraction of sp³-hybridized carbons (Fsp3) is 0.227. The van der Waals surface area contributed by atoms with Gasteiger partial charge in [-0.25, -0.2) is 0 Å². The Morgan fingerprint density at radius 2 is 1.64 bits per heavy atom. The van der Waals surface area contributed by atoms with Gasteiger partial charge in [-0.05, 0) is 30.4 Å². The van der Waals surface area contributed by atoms with Crippen LogP contribution >= 0.6 is 0 Å². The van der Waals surface area contributed by atoms with Gasteiger partial charge in [0, 0.05) is 36.1 Å². The number of anilines is 2. The minimum atomic E-state index is -0.353. The second-order valence-electron chi connectivity index (χ2n) is 7.02. The number of rotatable bonds is 4. The number of hydrogen-bond donors (Lipinski definition) is 1. The number of nitro benzene ring substituents is 1. The molecule has 0 unspecified atom stereocenters. The summed E-state index contributed by atoms with van der Waals surface area (Å²) >= 11 is 0. The second-order valence-corrected chi connectivity index (χ2v) is 7.02. The van der Waals surface area contributed by atoms with Crippen LogP contribution in [0.3, 0.4) is 0 Å². The molecule has 0 radical (unpaired) electrons. The maximum Gasteiger partial charge on any atom is 0.292 e. The summed E-state index contributed by atoms with van der Waals surface area (Å²) in [6.45, 7) is 1.25. The molecular weight excluding hydrogens is 354 g/mol. The Morgan fingerprint density at radius 3 is 2.43 bits per heavy atom. The molecule has 1 fully saturated rings. The standard InChI is InChI=1S/C22H21N3O3/c26-22(23-19-9-5-7-16-6-1-2-8-18(16)19)17-12-14-24(15-13-17)20-10-3-4-11-21(20)25(27)28/h1-11,17H,12-15H2,(H,23,26). The normalized spacial score (nSPS) is 14.8. The number of carbonyl (C=O) groups is 1. The van der Waals surface area contributed by atoms with Crippen molar-refractivity contribution in [3.05, 3.63) is 76.8 Å². The molecule has 0 bridgehead atoms. The van der Waals surface area contributed by atoms with E-state index in [9.17, 15) is 14.9 Å². The highest BCUT2D eigenvalue weighted by molar-refractivity contribution is 6.02. The molecule has 1 aliphatic rings. The quantitative estimate of drug-likeness (QED) is 0.534. The Balaban J connectivity index is 1.44. The van der Waals surface area contributed by atoms with Crippen LogP contribution in [-0.2, 0) is 4.79 Å². The number of nitrogens with zero attached hydrogens (tertiary/aromatic N) is 2.